The Labute approximate surface area is 136 Å². The number of nitrogens with zero attached hydrogens (tertiary/aromatic N) is 4. The summed E-state index contributed by atoms with van der Waals surface area (Å²) in [5, 5.41) is 4.13. The molecule has 3 rings (SSSR count). The molecule has 2 aromatic rings. The number of nitrogens with two attached hydrogens (primary N) is 1. The second-order valence-corrected chi connectivity index (χ2v) is 6.33. The van der Waals surface area contributed by atoms with E-state index in [-0.39, 0.29) is 11.9 Å². The van der Waals surface area contributed by atoms with Gasteiger partial charge in [-0.05, 0) is 56.4 Å². The Morgan fingerprint density at radius 1 is 1.35 bits per heavy atom. The summed E-state index contributed by atoms with van der Waals surface area (Å²) in [7, 11) is 0. The van der Waals surface area contributed by atoms with E-state index in [0.29, 0.717) is 5.92 Å². The van der Waals surface area contributed by atoms with Crippen LogP contribution >= 0.6 is 0 Å². The molecule has 1 unspecified atom stereocenters. The molecule has 1 amide bonds. The fourth-order valence-corrected chi connectivity index (χ4v) is 3.19. The van der Waals surface area contributed by atoms with Crippen LogP contribution in [-0.2, 0) is 0 Å². The molecule has 0 bridgehead atoms. The van der Waals surface area contributed by atoms with Gasteiger partial charge in [-0.15, -0.1) is 0 Å². The van der Waals surface area contributed by atoms with E-state index in [9.17, 15) is 4.79 Å². The number of aryl methyl sites for hydroxylation is 1. The van der Waals surface area contributed by atoms with E-state index in [0.717, 1.165) is 42.7 Å². The molecule has 2 heterocycles. The Balaban J connectivity index is 1.72. The van der Waals surface area contributed by atoms with Crippen LogP contribution in [0.25, 0.3) is 5.69 Å². The first-order valence-corrected chi connectivity index (χ1v) is 8.07. The lowest BCUT2D eigenvalue weighted by molar-refractivity contribution is 0.0681. The third-order valence-corrected chi connectivity index (χ3v) is 4.68. The highest BCUT2D eigenvalue weighted by molar-refractivity contribution is 5.94. The number of piperidine rings is 1. The molecule has 23 heavy (non-hydrogen) atoms. The summed E-state index contributed by atoms with van der Waals surface area (Å²) in [6, 6.07) is 5.92. The Hall–Kier alpha value is -2.21. The average molecular weight is 313 g/mol. The minimum absolute atomic E-state index is 0.0985. The van der Waals surface area contributed by atoms with Gasteiger partial charge in [0.2, 0.25) is 0 Å². The SMILES string of the molecule is Cc1cc(C(=O)N2CCC(C(C)N)CC2)ccc1-n1cncn1. The zero-order valence-electron chi connectivity index (χ0n) is 13.6. The highest BCUT2D eigenvalue weighted by Gasteiger charge is 2.25. The lowest BCUT2D eigenvalue weighted by Crippen LogP contribution is -2.42. The van der Waals surface area contributed by atoms with E-state index in [4.69, 9.17) is 5.73 Å². The highest BCUT2D eigenvalue weighted by Crippen LogP contribution is 2.22. The topological polar surface area (TPSA) is 77.0 Å². The number of hydrogen-bond acceptors (Lipinski definition) is 4. The van der Waals surface area contributed by atoms with Crippen LogP contribution in [0.1, 0.15) is 35.7 Å². The van der Waals surface area contributed by atoms with Crippen molar-refractivity contribution in [2.24, 2.45) is 11.7 Å². The van der Waals surface area contributed by atoms with Crippen molar-refractivity contribution in [1.82, 2.24) is 19.7 Å². The van der Waals surface area contributed by atoms with Gasteiger partial charge < -0.3 is 10.6 Å². The van der Waals surface area contributed by atoms with Gasteiger partial charge in [0.05, 0.1) is 5.69 Å². The maximum Gasteiger partial charge on any atom is 0.253 e. The van der Waals surface area contributed by atoms with Crippen LogP contribution in [-0.4, -0.2) is 44.7 Å². The van der Waals surface area contributed by atoms with Gasteiger partial charge in [0.25, 0.3) is 5.91 Å². The van der Waals surface area contributed by atoms with Gasteiger partial charge >= 0.3 is 0 Å². The molecule has 6 heteroatoms. The van der Waals surface area contributed by atoms with Gasteiger partial charge in [0.15, 0.2) is 0 Å². The molecule has 0 radical (unpaired) electrons. The first-order valence-electron chi connectivity index (χ1n) is 8.07. The minimum Gasteiger partial charge on any atom is -0.339 e. The van der Waals surface area contributed by atoms with Crippen molar-refractivity contribution in [1.29, 1.82) is 0 Å². The van der Waals surface area contributed by atoms with Gasteiger partial charge in [0, 0.05) is 24.7 Å². The number of amides is 1. The van der Waals surface area contributed by atoms with Crippen molar-refractivity contribution in [2.75, 3.05) is 13.1 Å². The number of likely N-dealkylation sites (tertiary alicyclic amines) is 1. The quantitative estimate of drug-likeness (QED) is 0.937. The summed E-state index contributed by atoms with van der Waals surface area (Å²) in [5.41, 5.74) is 8.64. The highest BCUT2D eigenvalue weighted by atomic mass is 16.2. The Kier molecular flexibility index (Phi) is 4.43. The Morgan fingerprint density at radius 3 is 2.65 bits per heavy atom. The summed E-state index contributed by atoms with van der Waals surface area (Å²) in [4.78, 5) is 18.6. The van der Waals surface area contributed by atoms with Crippen LogP contribution in [0.4, 0.5) is 0 Å². The molecule has 1 aliphatic heterocycles. The van der Waals surface area contributed by atoms with Crippen LogP contribution in [0, 0.1) is 12.8 Å². The van der Waals surface area contributed by atoms with Gasteiger partial charge in [-0.3, -0.25) is 4.79 Å². The van der Waals surface area contributed by atoms with Crippen molar-refractivity contribution in [3.63, 3.8) is 0 Å². The molecular weight excluding hydrogens is 290 g/mol. The molecule has 1 fully saturated rings. The van der Waals surface area contributed by atoms with E-state index in [1.807, 2.05) is 36.9 Å². The summed E-state index contributed by atoms with van der Waals surface area (Å²) >= 11 is 0. The second kappa shape index (κ2) is 6.50. The lowest BCUT2D eigenvalue weighted by atomic mass is 9.90. The molecule has 1 aromatic heterocycles. The number of carbonyl (C=O) groups excluding carboxylic acids is 1. The van der Waals surface area contributed by atoms with E-state index < -0.39 is 0 Å². The number of carbonyl (C=O) groups is 1. The number of hydrogen-bond donors (Lipinski definition) is 1. The normalized spacial score (nSPS) is 17.3. The van der Waals surface area contributed by atoms with Crippen LogP contribution < -0.4 is 5.73 Å². The molecule has 1 aliphatic rings. The zero-order valence-corrected chi connectivity index (χ0v) is 13.6. The average Bonchev–Trinajstić information content (AvgIpc) is 3.08. The number of rotatable bonds is 3. The maximum atomic E-state index is 12.7. The summed E-state index contributed by atoms with van der Waals surface area (Å²) in [5.74, 6) is 0.622. The third-order valence-electron chi connectivity index (χ3n) is 4.68. The second-order valence-electron chi connectivity index (χ2n) is 6.33. The van der Waals surface area contributed by atoms with Crippen molar-refractivity contribution in [3.8, 4) is 5.69 Å². The largest absolute Gasteiger partial charge is 0.339 e. The summed E-state index contributed by atoms with van der Waals surface area (Å²) < 4.78 is 1.71. The van der Waals surface area contributed by atoms with Crippen LogP contribution in [0.5, 0.6) is 0 Å². The fraction of sp³-hybridized carbons (Fsp3) is 0.471. The van der Waals surface area contributed by atoms with Gasteiger partial charge in [0.1, 0.15) is 12.7 Å². The predicted molar refractivity (Wildman–Crippen MR) is 88.4 cm³/mol. The molecular formula is C17H23N5O. The molecule has 0 aliphatic carbocycles. The van der Waals surface area contributed by atoms with Gasteiger partial charge in [-0.25, -0.2) is 9.67 Å². The van der Waals surface area contributed by atoms with E-state index in [1.165, 1.54) is 6.33 Å². The Bertz CT molecular complexity index is 672. The molecule has 0 saturated carbocycles. The first-order chi connectivity index (χ1) is 11.1. The minimum atomic E-state index is 0.0985. The first kappa shape index (κ1) is 15.7. The fourth-order valence-electron chi connectivity index (χ4n) is 3.19. The van der Waals surface area contributed by atoms with Crippen molar-refractivity contribution in [2.45, 2.75) is 32.7 Å². The molecule has 1 saturated heterocycles. The van der Waals surface area contributed by atoms with Crippen molar-refractivity contribution < 1.29 is 4.79 Å². The lowest BCUT2D eigenvalue weighted by Gasteiger charge is -2.33. The van der Waals surface area contributed by atoms with Crippen LogP contribution in [0.3, 0.4) is 0 Å². The molecule has 122 valence electrons. The number of benzene rings is 1. The smallest absolute Gasteiger partial charge is 0.253 e. The standard InChI is InChI=1S/C17H23N5O/c1-12-9-15(3-4-16(12)22-11-19-10-20-22)17(23)21-7-5-14(6-8-21)13(2)18/h3-4,9-11,13-14H,5-8,18H2,1-2H3. The third kappa shape index (κ3) is 3.27. The van der Waals surface area contributed by atoms with Gasteiger partial charge in [-0.2, -0.15) is 5.10 Å². The summed E-state index contributed by atoms with van der Waals surface area (Å²) in [6.07, 6.45) is 5.13. The van der Waals surface area contributed by atoms with Crippen molar-refractivity contribution >= 4 is 5.91 Å². The van der Waals surface area contributed by atoms with E-state index in [2.05, 4.69) is 10.1 Å². The van der Waals surface area contributed by atoms with Crippen LogP contribution in [0.15, 0.2) is 30.9 Å². The molecule has 6 nitrogen and oxygen atoms in total. The Morgan fingerprint density at radius 2 is 2.09 bits per heavy atom. The van der Waals surface area contributed by atoms with E-state index >= 15 is 0 Å². The van der Waals surface area contributed by atoms with Crippen molar-refractivity contribution in [3.05, 3.63) is 42.0 Å². The molecule has 2 N–H and O–H groups in total. The molecule has 1 aromatic carbocycles. The summed E-state index contributed by atoms with van der Waals surface area (Å²) in [6.45, 7) is 5.61. The zero-order chi connectivity index (χ0) is 16.4. The monoisotopic (exact) mass is 313 g/mol. The van der Waals surface area contributed by atoms with E-state index in [1.54, 1.807) is 11.0 Å². The maximum absolute atomic E-state index is 12.7. The van der Waals surface area contributed by atoms with Crippen LogP contribution in [0.2, 0.25) is 0 Å². The number of aromatic nitrogens is 3. The molecule has 0 spiro atoms. The molecule has 1 atom stereocenters. The van der Waals surface area contributed by atoms with Gasteiger partial charge in [-0.1, -0.05) is 0 Å². The predicted octanol–water partition coefficient (Wildman–Crippen LogP) is 1.78.